The van der Waals surface area contributed by atoms with E-state index in [1.807, 2.05) is 13.8 Å². The van der Waals surface area contributed by atoms with E-state index in [0.29, 0.717) is 30.2 Å². The zero-order valence-electron chi connectivity index (χ0n) is 24.7. The van der Waals surface area contributed by atoms with Gasteiger partial charge in [-0.25, -0.2) is 16.8 Å². The second kappa shape index (κ2) is 13.9. The number of halogens is 1. The Morgan fingerprint density at radius 3 is 1.93 bits per heavy atom. The molecule has 13 heteroatoms. The van der Waals surface area contributed by atoms with Gasteiger partial charge < -0.3 is 9.05 Å². The summed E-state index contributed by atoms with van der Waals surface area (Å²) < 4.78 is 86.6. The molecular weight excluding hydrogens is 689 g/mol. The third-order valence-electron chi connectivity index (χ3n) is 7.13. The van der Waals surface area contributed by atoms with Crippen LogP contribution in [0.15, 0.2) is 98.0 Å². The molecule has 1 unspecified atom stereocenters. The zero-order valence-corrected chi connectivity index (χ0v) is 28.8. The van der Waals surface area contributed by atoms with Crippen LogP contribution in [0.2, 0.25) is 0 Å². The van der Waals surface area contributed by atoms with Crippen molar-refractivity contribution in [3.8, 4) is 0 Å². The molecule has 1 aliphatic rings. The van der Waals surface area contributed by atoms with Gasteiger partial charge in [-0.1, -0.05) is 84.6 Å². The van der Waals surface area contributed by atoms with Crippen molar-refractivity contribution in [1.82, 2.24) is 4.72 Å². The summed E-state index contributed by atoms with van der Waals surface area (Å²) in [5.74, 6) is -0.867. The molecule has 0 aliphatic heterocycles. The van der Waals surface area contributed by atoms with Crippen LogP contribution in [0.1, 0.15) is 61.0 Å². The lowest BCUT2D eigenvalue weighted by Crippen LogP contribution is -2.48. The Bertz CT molecular complexity index is 1790. The molecule has 1 aliphatic carbocycles. The van der Waals surface area contributed by atoms with Crippen LogP contribution in [-0.2, 0) is 38.8 Å². The Morgan fingerprint density at radius 2 is 1.36 bits per heavy atom. The number of aryl methyl sites for hydroxylation is 1. The number of carbonyl (C=O) groups excluding carboxylic acids is 1. The maximum atomic E-state index is 15.2. The van der Waals surface area contributed by atoms with Crippen LogP contribution in [-0.4, -0.2) is 35.8 Å². The van der Waals surface area contributed by atoms with E-state index in [1.54, 1.807) is 25.1 Å². The normalized spacial score (nSPS) is 17.3. The molecule has 3 aromatic rings. The van der Waals surface area contributed by atoms with Crippen molar-refractivity contribution in [3.63, 3.8) is 0 Å². The number of hydrogen-bond donors (Lipinski definition) is 1. The van der Waals surface area contributed by atoms with Crippen LogP contribution >= 0.6 is 23.5 Å². The number of benzene rings is 3. The molecule has 0 spiro atoms. The fourth-order valence-electron chi connectivity index (χ4n) is 4.67. The highest BCUT2D eigenvalue weighted by atomic mass is 79.9. The lowest BCUT2D eigenvalue weighted by Gasteiger charge is -2.40. The summed E-state index contributed by atoms with van der Waals surface area (Å²) in [6.45, 7) is 5.46. The third-order valence-corrected chi connectivity index (χ3v) is 13.5. The van der Waals surface area contributed by atoms with Gasteiger partial charge in [-0.3, -0.25) is 9.36 Å². The molecule has 44 heavy (non-hydrogen) atoms. The molecule has 0 saturated carbocycles. The van der Waals surface area contributed by atoms with E-state index in [4.69, 9.17) is 9.05 Å². The maximum absolute atomic E-state index is 15.2. The molecule has 9 nitrogen and oxygen atoms in total. The number of Topliss-reactive ketones (excluding diaryl/α,β-unsaturated/α-hetero) is 1. The highest BCUT2D eigenvalue weighted by molar-refractivity contribution is 9.10. The van der Waals surface area contributed by atoms with Gasteiger partial charge in [0.25, 0.3) is 0 Å². The van der Waals surface area contributed by atoms with Crippen LogP contribution in [0.5, 0.6) is 0 Å². The van der Waals surface area contributed by atoms with E-state index in [9.17, 15) is 21.6 Å². The predicted molar refractivity (Wildman–Crippen MR) is 173 cm³/mol. The van der Waals surface area contributed by atoms with Crippen LogP contribution in [0, 0.1) is 6.92 Å². The summed E-state index contributed by atoms with van der Waals surface area (Å²) in [7, 11) is -13.7. The quantitative estimate of drug-likeness (QED) is 0.136. The second-order valence-electron chi connectivity index (χ2n) is 10.4. The molecule has 1 N–H and O–H groups in total. The number of nitrogens with one attached hydrogen (secondary N) is 1. The summed E-state index contributed by atoms with van der Waals surface area (Å²) in [5.41, 5.74) is 0.621. The molecule has 3 aromatic carbocycles. The Kier molecular flexibility index (Phi) is 10.9. The van der Waals surface area contributed by atoms with Crippen LogP contribution < -0.4 is 4.72 Å². The zero-order chi connectivity index (χ0) is 32.2. The molecule has 0 fully saturated rings. The number of rotatable bonds is 14. The Hall–Kier alpha value is -2.44. The van der Waals surface area contributed by atoms with Crippen molar-refractivity contribution in [2.45, 2.75) is 61.5 Å². The van der Waals surface area contributed by atoms with E-state index < -0.39 is 43.4 Å². The number of sulfone groups is 1. The van der Waals surface area contributed by atoms with Crippen molar-refractivity contribution in [3.05, 3.63) is 105 Å². The average Bonchev–Trinajstić information content (AvgIpc) is 2.99. The van der Waals surface area contributed by atoms with Crippen LogP contribution in [0.4, 0.5) is 0 Å². The first-order valence-electron chi connectivity index (χ1n) is 14.2. The van der Waals surface area contributed by atoms with Gasteiger partial charge in [-0.15, -0.1) is 0 Å². The van der Waals surface area contributed by atoms with Gasteiger partial charge in [-0.05, 0) is 62.2 Å². The number of carbonyl (C=O) groups is 1. The second-order valence-corrected chi connectivity index (χ2v) is 17.1. The molecule has 0 bridgehead atoms. The third kappa shape index (κ3) is 6.87. The molecule has 0 radical (unpaired) electrons. The van der Waals surface area contributed by atoms with Gasteiger partial charge in [0.1, 0.15) is 4.91 Å². The Labute approximate surface area is 267 Å². The molecule has 0 heterocycles. The van der Waals surface area contributed by atoms with Crippen LogP contribution in [0.3, 0.4) is 0 Å². The molecule has 0 saturated heterocycles. The Balaban J connectivity index is 2.08. The molecule has 0 aromatic heterocycles. The van der Waals surface area contributed by atoms with Gasteiger partial charge in [0.15, 0.2) is 5.28 Å². The van der Waals surface area contributed by atoms with Crippen molar-refractivity contribution >= 4 is 49.2 Å². The van der Waals surface area contributed by atoms with Crippen molar-refractivity contribution < 1.29 is 35.2 Å². The standard InChI is InChI=1S/C31H35BrNO8PS2/c1-4-6-20-40-42(35,41-21-7-5-2)31(33-44(38,39)26-18-14-24(32)15-19-26)22-29(30(34)27-10-8-9-11-28(27)31)43(36,37)25-16-12-23(3)13-17-25/h8-19,22,33H,4-7,20-21H2,1-3H3. The molecule has 4 rings (SSSR count). The largest absolute Gasteiger partial charge is 0.360 e. The maximum Gasteiger partial charge on any atom is 0.360 e. The van der Waals surface area contributed by atoms with E-state index in [-0.39, 0.29) is 34.1 Å². The number of sulfonamides is 1. The molecule has 1 atom stereocenters. The lowest BCUT2D eigenvalue weighted by atomic mass is 9.92. The van der Waals surface area contributed by atoms with E-state index in [0.717, 1.165) is 11.6 Å². The van der Waals surface area contributed by atoms with Gasteiger partial charge in [0.2, 0.25) is 25.6 Å². The first kappa shape index (κ1) is 34.4. The minimum Gasteiger partial charge on any atom is -0.307 e. The number of fused-ring (bicyclic) bond motifs is 1. The predicted octanol–water partition coefficient (Wildman–Crippen LogP) is 7.27. The first-order chi connectivity index (χ1) is 20.8. The van der Waals surface area contributed by atoms with E-state index in [2.05, 4.69) is 20.7 Å². The minimum atomic E-state index is -4.67. The van der Waals surface area contributed by atoms with Crippen molar-refractivity contribution in [1.29, 1.82) is 0 Å². The number of hydrogen-bond acceptors (Lipinski definition) is 8. The van der Waals surface area contributed by atoms with Crippen molar-refractivity contribution in [2.24, 2.45) is 0 Å². The van der Waals surface area contributed by atoms with Crippen molar-refractivity contribution in [2.75, 3.05) is 13.2 Å². The van der Waals surface area contributed by atoms with Crippen LogP contribution in [0.25, 0.3) is 0 Å². The van der Waals surface area contributed by atoms with Gasteiger partial charge >= 0.3 is 7.60 Å². The summed E-state index contributed by atoms with van der Waals surface area (Å²) in [6, 6.07) is 17.5. The first-order valence-corrected chi connectivity index (χ1v) is 19.5. The van der Waals surface area contributed by atoms with E-state index >= 15 is 4.57 Å². The van der Waals surface area contributed by atoms with Gasteiger partial charge in [0, 0.05) is 15.6 Å². The SMILES string of the molecule is CCCCOP(=O)(OCCCC)C1(NS(=O)(=O)c2ccc(Br)cc2)C=C(S(=O)(=O)c2ccc(C)cc2)C(=O)c2ccccc21. The monoisotopic (exact) mass is 723 g/mol. The fourth-order valence-corrected chi connectivity index (χ4v) is 10.4. The highest BCUT2D eigenvalue weighted by Crippen LogP contribution is 2.67. The molecular formula is C31H35BrNO8PS2. The highest BCUT2D eigenvalue weighted by Gasteiger charge is 2.58. The molecule has 236 valence electrons. The van der Waals surface area contributed by atoms with E-state index in [1.165, 1.54) is 54.6 Å². The summed E-state index contributed by atoms with van der Waals surface area (Å²) in [5, 5.41) is -2.42. The summed E-state index contributed by atoms with van der Waals surface area (Å²) >= 11 is 3.29. The summed E-state index contributed by atoms with van der Waals surface area (Å²) in [4.78, 5) is 12.8. The Morgan fingerprint density at radius 1 is 0.818 bits per heavy atom. The smallest absolute Gasteiger partial charge is 0.307 e. The lowest BCUT2D eigenvalue weighted by molar-refractivity contribution is 0.103. The van der Waals surface area contributed by atoms with Gasteiger partial charge in [-0.2, -0.15) is 4.72 Å². The molecule has 0 amide bonds. The summed E-state index contributed by atoms with van der Waals surface area (Å²) in [6.07, 6.45) is 3.20. The van der Waals surface area contributed by atoms with Gasteiger partial charge in [0.05, 0.1) is 23.0 Å². The number of unbranched alkanes of at least 4 members (excludes halogenated alkanes) is 2. The topological polar surface area (TPSA) is 133 Å². The number of allylic oxidation sites excluding steroid dienone is 1. The number of ketones is 1. The average molecular weight is 725 g/mol. The fraction of sp³-hybridized carbons (Fsp3) is 0.323. The minimum absolute atomic E-state index is 0.0372.